The molecule has 0 unspecified atom stereocenters. The molecule has 0 radical (unpaired) electrons. The summed E-state index contributed by atoms with van der Waals surface area (Å²) >= 11 is 0. The molecule has 1 heterocycles. The van der Waals surface area contributed by atoms with Gasteiger partial charge in [-0.05, 0) is 37.5 Å². The van der Waals surface area contributed by atoms with Crippen LogP contribution in [0, 0.1) is 6.92 Å². The number of primary sulfonamides is 1. The fourth-order valence-corrected chi connectivity index (χ4v) is 4.16. The van der Waals surface area contributed by atoms with E-state index in [1.54, 1.807) is 6.92 Å². The molecule has 0 saturated carbocycles. The van der Waals surface area contributed by atoms with Gasteiger partial charge in [-0.15, -0.1) is 0 Å². The molecule has 0 atom stereocenters. The van der Waals surface area contributed by atoms with Crippen LogP contribution in [0.2, 0.25) is 0 Å². The summed E-state index contributed by atoms with van der Waals surface area (Å²) in [5, 5.41) is 4.52. The van der Waals surface area contributed by atoms with E-state index in [1.165, 1.54) is 18.2 Å². The number of nitrogens with one attached hydrogen (secondary N) is 1. The molecule has 0 aliphatic carbocycles. The van der Waals surface area contributed by atoms with E-state index in [0.717, 1.165) is 0 Å². The molecule has 1 aliphatic rings. The summed E-state index contributed by atoms with van der Waals surface area (Å²) in [5.41, 5.74) is 0.853. The van der Waals surface area contributed by atoms with Gasteiger partial charge in [0, 0.05) is 13.2 Å². The van der Waals surface area contributed by atoms with Gasteiger partial charge >= 0.3 is 0 Å². The predicted octanol–water partition coefficient (Wildman–Crippen LogP) is 0.563. The summed E-state index contributed by atoms with van der Waals surface area (Å²) in [4.78, 5) is -0.127. The lowest BCUT2D eigenvalue weighted by Gasteiger charge is -2.23. The van der Waals surface area contributed by atoms with Crippen molar-refractivity contribution < 1.29 is 21.6 Å². The summed E-state index contributed by atoms with van der Waals surface area (Å²) in [6, 6.07) is 4.10. The number of hydrogen-bond acceptors (Lipinski definition) is 5. The van der Waals surface area contributed by atoms with E-state index in [2.05, 4.69) is 4.72 Å². The van der Waals surface area contributed by atoms with Crippen LogP contribution in [0.1, 0.15) is 18.4 Å². The van der Waals surface area contributed by atoms with Gasteiger partial charge in [-0.3, -0.25) is 4.72 Å². The van der Waals surface area contributed by atoms with Crippen molar-refractivity contribution in [2.75, 3.05) is 17.9 Å². The highest BCUT2D eigenvalue weighted by atomic mass is 32.2. The third kappa shape index (κ3) is 3.94. The van der Waals surface area contributed by atoms with Gasteiger partial charge in [0.2, 0.25) is 20.0 Å². The number of rotatable bonds is 4. The highest BCUT2D eigenvalue weighted by Gasteiger charge is 2.28. The van der Waals surface area contributed by atoms with Gasteiger partial charge in [-0.2, -0.15) is 0 Å². The smallest absolute Gasteiger partial charge is 0.238 e. The van der Waals surface area contributed by atoms with Gasteiger partial charge in [0.05, 0.1) is 15.8 Å². The molecule has 7 nitrogen and oxygen atoms in total. The van der Waals surface area contributed by atoms with Gasteiger partial charge in [0.1, 0.15) is 0 Å². The Morgan fingerprint density at radius 2 is 1.81 bits per heavy atom. The summed E-state index contributed by atoms with van der Waals surface area (Å²) in [7, 11) is -7.46. The molecule has 0 spiro atoms. The minimum atomic E-state index is -3.88. The number of anilines is 1. The molecule has 1 aromatic carbocycles. The maximum Gasteiger partial charge on any atom is 0.238 e. The van der Waals surface area contributed by atoms with Crippen molar-refractivity contribution in [2.45, 2.75) is 29.9 Å². The molecule has 21 heavy (non-hydrogen) atoms. The highest BCUT2D eigenvalue weighted by molar-refractivity contribution is 7.93. The Balaban J connectivity index is 2.30. The average molecular weight is 334 g/mol. The normalized spacial score (nSPS) is 17.6. The Kier molecular flexibility index (Phi) is 4.57. The van der Waals surface area contributed by atoms with Gasteiger partial charge in [-0.25, -0.2) is 22.0 Å². The number of ether oxygens (including phenoxy) is 1. The zero-order valence-electron chi connectivity index (χ0n) is 11.6. The summed E-state index contributed by atoms with van der Waals surface area (Å²) in [6.45, 7) is 2.50. The summed E-state index contributed by atoms with van der Waals surface area (Å²) in [5.74, 6) is 0. The van der Waals surface area contributed by atoms with Crippen molar-refractivity contribution in [2.24, 2.45) is 5.14 Å². The second-order valence-electron chi connectivity index (χ2n) is 4.98. The second-order valence-corrected chi connectivity index (χ2v) is 8.50. The van der Waals surface area contributed by atoms with Crippen molar-refractivity contribution in [3.05, 3.63) is 23.8 Å². The van der Waals surface area contributed by atoms with E-state index >= 15 is 0 Å². The third-order valence-corrected chi connectivity index (χ3v) is 6.16. The van der Waals surface area contributed by atoms with Gasteiger partial charge in [0.15, 0.2) is 0 Å². The van der Waals surface area contributed by atoms with Gasteiger partial charge in [0.25, 0.3) is 0 Å². The molecule has 1 saturated heterocycles. The molecule has 3 N–H and O–H groups in total. The van der Waals surface area contributed by atoms with Gasteiger partial charge < -0.3 is 4.74 Å². The fourth-order valence-electron chi connectivity index (χ4n) is 2.11. The fraction of sp³-hybridized carbons (Fsp3) is 0.500. The first-order chi connectivity index (χ1) is 9.70. The van der Waals surface area contributed by atoms with E-state index in [4.69, 9.17) is 9.88 Å². The van der Waals surface area contributed by atoms with Crippen molar-refractivity contribution >= 4 is 25.7 Å². The molecular formula is C12H18N2O5S2. The van der Waals surface area contributed by atoms with Crippen LogP contribution in [-0.2, 0) is 24.8 Å². The first-order valence-electron chi connectivity index (χ1n) is 6.43. The number of aryl methyl sites for hydroxylation is 1. The van der Waals surface area contributed by atoms with Crippen LogP contribution < -0.4 is 9.86 Å². The van der Waals surface area contributed by atoms with Crippen LogP contribution in [-0.4, -0.2) is 35.3 Å². The lowest BCUT2D eigenvalue weighted by Crippen LogP contribution is -2.33. The van der Waals surface area contributed by atoms with E-state index in [1.807, 2.05) is 0 Å². The molecule has 0 aromatic heterocycles. The molecule has 2 rings (SSSR count). The molecule has 118 valence electrons. The van der Waals surface area contributed by atoms with Crippen LogP contribution in [0.15, 0.2) is 23.1 Å². The topological polar surface area (TPSA) is 116 Å². The molecule has 1 aromatic rings. The molecule has 0 amide bonds. The number of benzene rings is 1. The van der Waals surface area contributed by atoms with Crippen molar-refractivity contribution in [3.8, 4) is 0 Å². The summed E-state index contributed by atoms with van der Waals surface area (Å²) < 4.78 is 54.9. The minimum absolute atomic E-state index is 0.127. The first-order valence-corrected chi connectivity index (χ1v) is 9.52. The van der Waals surface area contributed by atoms with Crippen LogP contribution in [0.4, 0.5) is 5.69 Å². The zero-order chi connectivity index (χ0) is 15.7. The van der Waals surface area contributed by atoms with E-state index in [9.17, 15) is 16.8 Å². The van der Waals surface area contributed by atoms with Crippen LogP contribution in [0.3, 0.4) is 0 Å². The largest absolute Gasteiger partial charge is 0.381 e. The summed E-state index contributed by atoms with van der Waals surface area (Å²) in [6.07, 6.45) is 0.840. The minimum Gasteiger partial charge on any atom is -0.381 e. The Bertz CT molecular complexity index is 722. The van der Waals surface area contributed by atoms with E-state index in [-0.39, 0.29) is 10.6 Å². The second kappa shape index (κ2) is 5.91. The third-order valence-electron chi connectivity index (χ3n) is 3.40. The van der Waals surface area contributed by atoms with Crippen molar-refractivity contribution in [3.63, 3.8) is 0 Å². The Labute approximate surface area is 124 Å². The lowest BCUT2D eigenvalue weighted by atomic mass is 10.2. The maximum absolute atomic E-state index is 12.3. The Morgan fingerprint density at radius 1 is 1.19 bits per heavy atom. The van der Waals surface area contributed by atoms with E-state index in [0.29, 0.717) is 31.6 Å². The van der Waals surface area contributed by atoms with Crippen LogP contribution >= 0.6 is 0 Å². The first kappa shape index (κ1) is 16.2. The molecule has 0 bridgehead atoms. The van der Waals surface area contributed by atoms with Gasteiger partial charge in [-0.1, -0.05) is 6.07 Å². The zero-order valence-corrected chi connectivity index (χ0v) is 13.2. The van der Waals surface area contributed by atoms with Crippen LogP contribution in [0.5, 0.6) is 0 Å². The predicted molar refractivity (Wildman–Crippen MR) is 78.9 cm³/mol. The van der Waals surface area contributed by atoms with Crippen molar-refractivity contribution in [1.82, 2.24) is 0 Å². The quantitative estimate of drug-likeness (QED) is 0.835. The lowest BCUT2D eigenvalue weighted by molar-refractivity contribution is 0.0984. The molecule has 1 aliphatic heterocycles. The van der Waals surface area contributed by atoms with E-state index < -0.39 is 25.3 Å². The molecule has 9 heteroatoms. The molecular weight excluding hydrogens is 316 g/mol. The number of hydrogen-bond donors (Lipinski definition) is 2. The molecule has 1 fully saturated rings. The maximum atomic E-state index is 12.3. The standard InChI is InChI=1S/C12H18N2O5S2/c1-9-2-3-11(20(13,15)16)8-12(9)14-21(17,18)10-4-6-19-7-5-10/h2-3,8,10,14H,4-7H2,1H3,(H2,13,15,16). The highest BCUT2D eigenvalue weighted by Crippen LogP contribution is 2.24. The number of sulfonamides is 2. The van der Waals surface area contributed by atoms with Crippen LogP contribution in [0.25, 0.3) is 0 Å². The Morgan fingerprint density at radius 3 is 2.38 bits per heavy atom. The SMILES string of the molecule is Cc1ccc(S(N)(=O)=O)cc1NS(=O)(=O)C1CCOCC1. The van der Waals surface area contributed by atoms with Crippen molar-refractivity contribution in [1.29, 1.82) is 0 Å². The number of nitrogens with two attached hydrogens (primary N) is 1. The Hall–Kier alpha value is -1.16. The average Bonchev–Trinajstić information content (AvgIpc) is 2.41. The monoisotopic (exact) mass is 334 g/mol.